The number of sulfonamides is 1. The van der Waals surface area contributed by atoms with Crippen LogP contribution in [0.5, 0.6) is 0 Å². The van der Waals surface area contributed by atoms with Gasteiger partial charge in [-0.2, -0.15) is 0 Å². The molecule has 1 heterocycles. The van der Waals surface area contributed by atoms with Gasteiger partial charge >= 0.3 is 0 Å². The Hall–Kier alpha value is -2.69. The summed E-state index contributed by atoms with van der Waals surface area (Å²) in [4.78, 5) is 29.3. The molecule has 0 atom stereocenters. The molecule has 0 aliphatic carbocycles. The van der Waals surface area contributed by atoms with Crippen LogP contribution in [0.25, 0.3) is 6.08 Å². The molecule has 0 aromatic heterocycles. The molecule has 2 aromatic rings. The Kier molecular flexibility index (Phi) is 11.4. The van der Waals surface area contributed by atoms with E-state index < -0.39 is 28.4 Å². The molecule has 1 aliphatic heterocycles. The number of nitrogens with one attached hydrogen (secondary N) is 1. The molecule has 0 bridgehead atoms. The summed E-state index contributed by atoms with van der Waals surface area (Å²) in [6.07, 6.45) is 8.86. The van der Waals surface area contributed by atoms with E-state index in [9.17, 15) is 18.0 Å². The predicted octanol–water partition coefficient (Wildman–Crippen LogP) is 5.58. The first-order chi connectivity index (χ1) is 18.2. The monoisotopic (exact) mass is 573 g/mol. The number of nitrogens with zero attached hydrogens (tertiary/aromatic N) is 2. The van der Waals surface area contributed by atoms with E-state index in [-0.39, 0.29) is 9.22 Å². The normalized spacial score (nSPS) is 14.8. The zero-order chi connectivity index (χ0) is 27.5. The van der Waals surface area contributed by atoms with Gasteiger partial charge in [-0.1, -0.05) is 93.8 Å². The molecule has 2 aromatic carbocycles. The SMILES string of the molecule is CCCCCN(CCCCC)c1ccc(/C=C2\SC(=S)N(CC(=O)NS(=O)(=O)c3ccccc3)C2=O)cc1. The average Bonchev–Trinajstić information content (AvgIpc) is 3.16. The Balaban J connectivity index is 1.65. The molecule has 0 saturated carbocycles. The van der Waals surface area contributed by atoms with Gasteiger partial charge in [-0.15, -0.1) is 0 Å². The number of hydrogen-bond donors (Lipinski definition) is 1. The van der Waals surface area contributed by atoms with Crippen molar-refractivity contribution in [2.45, 2.75) is 57.3 Å². The summed E-state index contributed by atoms with van der Waals surface area (Å²) in [5.74, 6) is -1.25. The van der Waals surface area contributed by atoms with Gasteiger partial charge in [0.1, 0.15) is 10.9 Å². The van der Waals surface area contributed by atoms with E-state index in [0.717, 1.165) is 48.2 Å². The van der Waals surface area contributed by atoms with Crippen LogP contribution in [0.3, 0.4) is 0 Å². The summed E-state index contributed by atoms with van der Waals surface area (Å²) in [5, 5.41) is 0. The Morgan fingerprint density at radius 3 is 2.16 bits per heavy atom. The van der Waals surface area contributed by atoms with Crippen molar-refractivity contribution in [3.05, 3.63) is 65.1 Å². The van der Waals surface area contributed by atoms with Crippen molar-refractivity contribution in [2.24, 2.45) is 0 Å². The molecular formula is C28H35N3O4S3. The van der Waals surface area contributed by atoms with Gasteiger partial charge in [-0.25, -0.2) is 13.1 Å². The van der Waals surface area contributed by atoms with E-state index in [1.54, 1.807) is 24.3 Å². The number of amides is 2. The zero-order valence-electron chi connectivity index (χ0n) is 21.9. The minimum Gasteiger partial charge on any atom is -0.372 e. The third kappa shape index (κ3) is 8.41. The smallest absolute Gasteiger partial charge is 0.266 e. The second-order valence-corrected chi connectivity index (χ2v) is 12.5. The second-order valence-electron chi connectivity index (χ2n) is 9.10. The quantitative estimate of drug-likeness (QED) is 0.179. The van der Waals surface area contributed by atoms with E-state index >= 15 is 0 Å². The van der Waals surface area contributed by atoms with Crippen molar-refractivity contribution in [1.82, 2.24) is 9.62 Å². The van der Waals surface area contributed by atoms with Crippen molar-refractivity contribution in [1.29, 1.82) is 0 Å². The van der Waals surface area contributed by atoms with E-state index in [1.807, 2.05) is 16.9 Å². The summed E-state index contributed by atoms with van der Waals surface area (Å²) in [7, 11) is -4.03. The van der Waals surface area contributed by atoms with Gasteiger partial charge < -0.3 is 4.90 Å². The van der Waals surface area contributed by atoms with Crippen LogP contribution >= 0.6 is 24.0 Å². The molecule has 0 unspecified atom stereocenters. The van der Waals surface area contributed by atoms with Crippen LogP contribution in [0.4, 0.5) is 5.69 Å². The number of anilines is 1. The summed E-state index contributed by atoms with van der Waals surface area (Å²) in [6, 6.07) is 15.7. The highest BCUT2D eigenvalue weighted by Crippen LogP contribution is 2.32. The van der Waals surface area contributed by atoms with E-state index in [0.29, 0.717) is 4.91 Å². The fourth-order valence-electron chi connectivity index (χ4n) is 4.03. The Bertz CT molecular complexity index is 1240. The molecule has 3 rings (SSSR count). The Labute approximate surface area is 235 Å². The van der Waals surface area contributed by atoms with Crippen molar-refractivity contribution in [2.75, 3.05) is 24.5 Å². The molecule has 7 nitrogen and oxygen atoms in total. The first-order valence-electron chi connectivity index (χ1n) is 13.0. The molecule has 38 heavy (non-hydrogen) atoms. The largest absolute Gasteiger partial charge is 0.372 e. The number of carbonyl (C=O) groups excluding carboxylic acids is 2. The maximum Gasteiger partial charge on any atom is 0.266 e. The van der Waals surface area contributed by atoms with Crippen molar-refractivity contribution in [3.63, 3.8) is 0 Å². The molecule has 204 valence electrons. The molecule has 1 saturated heterocycles. The van der Waals surface area contributed by atoms with E-state index in [2.05, 4.69) is 30.9 Å². The van der Waals surface area contributed by atoms with Crippen molar-refractivity contribution >= 4 is 61.9 Å². The van der Waals surface area contributed by atoms with Gasteiger partial charge in [-0.3, -0.25) is 14.5 Å². The predicted molar refractivity (Wildman–Crippen MR) is 159 cm³/mol. The number of thiocarbonyl (C=S) groups is 1. The second kappa shape index (κ2) is 14.5. The minimum absolute atomic E-state index is 0.0311. The first-order valence-corrected chi connectivity index (χ1v) is 15.7. The number of carbonyl (C=O) groups is 2. The molecule has 0 spiro atoms. The average molecular weight is 574 g/mol. The minimum atomic E-state index is -4.03. The molecule has 1 fully saturated rings. The van der Waals surface area contributed by atoms with Gasteiger partial charge in [0.25, 0.3) is 21.8 Å². The number of rotatable bonds is 14. The Morgan fingerprint density at radius 2 is 1.58 bits per heavy atom. The zero-order valence-corrected chi connectivity index (χ0v) is 24.3. The molecule has 2 amide bonds. The third-order valence-electron chi connectivity index (χ3n) is 6.10. The maximum absolute atomic E-state index is 13.0. The summed E-state index contributed by atoms with van der Waals surface area (Å²) in [6.45, 7) is 5.99. The lowest BCUT2D eigenvalue weighted by atomic mass is 10.1. The van der Waals surface area contributed by atoms with Crippen LogP contribution in [0.2, 0.25) is 0 Å². The highest BCUT2D eigenvalue weighted by molar-refractivity contribution is 8.26. The standard InChI is InChI=1S/C28H35N3O4S3/c1-3-5-10-18-30(19-11-6-4-2)23-16-14-22(15-17-23)20-25-27(33)31(28(36)37-25)21-26(32)29-38(34,35)24-12-8-7-9-13-24/h7-9,12-17,20H,3-6,10-11,18-19,21H2,1-2H3,(H,29,32)/b25-20-. The molecule has 1 N–H and O–H groups in total. The van der Waals surface area contributed by atoms with Crippen LogP contribution < -0.4 is 9.62 Å². The summed E-state index contributed by atoms with van der Waals surface area (Å²) in [5.41, 5.74) is 2.02. The lowest BCUT2D eigenvalue weighted by Crippen LogP contribution is -2.41. The van der Waals surface area contributed by atoms with Gasteiger partial charge in [-0.05, 0) is 48.7 Å². The van der Waals surface area contributed by atoms with Gasteiger partial charge in [0.05, 0.1) is 9.80 Å². The molecule has 0 radical (unpaired) electrons. The lowest BCUT2D eigenvalue weighted by molar-refractivity contribution is -0.127. The van der Waals surface area contributed by atoms with E-state index in [1.165, 1.54) is 43.5 Å². The van der Waals surface area contributed by atoms with Crippen LogP contribution in [-0.4, -0.2) is 49.1 Å². The van der Waals surface area contributed by atoms with Crippen LogP contribution in [0.15, 0.2) is 64.4 Å². The maximum atomic E-state index is 13.0. The first kappa shape index (κ1) is 29.9. The molecular weight excluding hydrogens is 539 g/mol. The number of hydrogen-bond acceptors (Lipinski definition) is 7. The van der Waals surface area contributed by atoms with Crippen molar-refractivity contribution in [3.8, 4) is 0 Å². The molecule has 10 heteroatoms. The number of benzene rings is 2. The highest BCUT2D eigenvalue weighted by atomic mass is 32.2. The Morgan fingerprint density at radius 1 is 0.974 bits per heavy atom. The summed E-state index contributed by atoms with van der Waals surface area (Å²) < 4.78 is 27.1. The van der Waals surface area contributed by atoms with Gasteiger partial charge in [0.2, 0.25) is 0 Å². The number of unbranched alkanes of at least 4 members (excludes halogenated alkanes) is 4. The lowest BCUT2D eigenvalue weighted by Gasteiger charge is -2.25. The van der Waals surface area contributed by atoms with Gasteiger partial charge in [0.15, 0.2) is 0 Å². The van der Waals surface area contributed by atoms with Crippen LogP contribution in [0, 0.1) is 0 Å². The topological polar surface area (TPSA) is 86.8 Å². The fraction of sp³-hybridized carbons (Fsp3) is 0.393. The molecule has 1 aliphatic rings. The highest BCUT2D eigenvalue weighted by Gasteiger charge is 2.34. The third-order valence-corrected chi connectivity index (χ3v) is 8.86. The number of thioether (sulfide) groups is 1. The van der Waals surface area contributed by atoms with E-state index in [4.69, 9.17) is 12.2 Å². The van der Waals surface area contributed by atoms with Crippen molar-refractivity contribution < 1.29 is 18.0 Å². The van der Waals surface area contributed by atoms with Gasteiger partial charge in [0, 0.05) is 18.8 Å². The van der Waals surface area contributed by atoms with Crippen LogP contribution in [0.1, 0.15) is 57.9 Å². The van der Waals surface area contributed by atoms with Crippen LogP contribution in [-0.2, 0) is 19.6 Å². The fourth-order valence-corrected chi connectivity index (χ4v) is 6.28. The summed E-state index contributed by atoms with van der Waals surface area (Å²) >= 11 is 6.41.